The Morgan fingerprint density at radius 3 is 2.83 bits per heavy atom. The number of halogens is 2. The summed E-state index contributed by atoms with van der Waals surface area (Å²) < 4.78 is 1.06. The average Bonchev–Trinajstić information content (AvgIpc) is 2.54. The van der Waals surface area contributed by atoms with Gasteiger partial charge in [0.05, 0.1) is 6.04 Å². The Hall–Kier alpha value is -1.52. The second-order valence-corrected chi connectivity index (χ2v) is 6.92. The van der Waals surface area contributed by atoms with Crippen molar-refractivity contribution in [2.24, 2.45) is 0 Å². The maximum atomic E-state index is 12.3. The predicted molar refractivity (Wildman–Crippen MR) is 104 cm³/mol. The highest BCUT2D eigenvalue weighted by Gasteiger charge is 2.21. The lowest BCUT2D eigenvalue weighted by Crippen LogP contribution is -2.31. The molecule has 2 aromatic rings. The molecular weight excluding hydrogens is 388 g/mol. The number of fused-ring (bicyclic) bond motifs is 1. The second kappa shape index (κ2) is 8.54. The van der Waals surface area contributed by atoms with Gasteiger partial charge < -0.3 is 11.1 Å². The largest absolute Gasteiger partial charge is 0.399 e. The van der Waals surface area contributed by atoms with Gasteiger partial charge in [0.25, 0.3) is 0 Å². The summed E-state index contributed by atoms with van der Waals surface area (Å²) >= 11 is 3.53. The molecule has 0 saturated carbocycles. The lowest BCUT2D eigenvalue weighted by molar-refractivity contribution is -0.121. The van der Waals surface area contributed by atoms with Crippen molar-refractivity contribution in [3.05, 3.63) is 63.6 Å². The van der Waals surface area contributed by atoms with E-state index >= 15 is 0 Å². The number of carbonyl (C=O) groups excluding carboxylic acids is 1. The van der Waals surface area contributed by atoms with Crippen LogP contribution in [0.3, 0.4) is 0 Å². The first-order chi connectivity index (χ1) is 11.1. The molecule has 3 rings (SSSR count). The lowest BCUT2D eigenvalue weighted by atomic mass is 9.87. The second-order valence-electron chi connectivity index (χ2n) is 6.06. The highest BCUT2D eigenvalue weighted by Crippen LogP contribution is 2.31. The van der Waals surface area contributed by atoms with Gasteiger partial charge in [-0.3, -0.25) is 4.79 Å². The van der Waals surface area contributed by atoms with Crippen LogP contribution in [0.5, 0.6) is 0 Å². The van der Waals surface area contributed by atoms with Crippen LogP contribution in [0.2, 0.25) is 0 Å². The molecule has 0 aliphatic heterocycles. The van der Waals surface area contributed by atoms with Crippen molar-refractivity contribution in [1.29, 1.82) is 0 Å². The number of amides is 1. The van der Waals surface area contributed by atoms with Crippen LogP contribution >= 0.6 is 28.3 Å². The number of nitrogen functional groups attached to an aromatic ring is 1. The van der Waals surface area contributed by atoms with Crippen molar-refractivity contribution in [2.45, 2.75) is 38.1 Å². The Labute approximate surface area is 157 Å². The Bertz CT molecular complexity index is 720. The molecule has 3 N–H and O–H groups in total. The van der Waals surface area contributed by atoms with Crippen LogP contribution in [0.15, 0.2) is 46.9 Å². The highest BCUT2D eigenvalue weighted by atomic mass is 79.9. The number of benzene rings is 2. The quantitative estimate of drug-likeness (QED) is 0.726. The van der Waals surface area contributed by atoms with Gasteiger partial charge in [0, 0.05) is 16.6 Å². The Kier molecular flexibility index (Phi) is 6.69. The monoisotopic (exact) mass is 408 g/mol. The van der Waals surface area contributed by atoms with Gasteiger partial charge in [-0.1, -0.05) is 40.2 Å². The van der Waals surface area contributed by atoms with Crippen molar-refractivity contribution in [1.82, 2.24) is 5.32 Å². The van der Waals surface area contributed by atoms with Crippen LogP contribution in [-0.2, 0) is 17.6 Å². The summed E-state index contributed by atoms with van der Waals surface area (Å²) in [6.45, 7) is 0. The normalized spacial score (nSPS) is 16.0. The molecule has 0 radical (unpaired) electrons. The van der Waals surface area contributed by atoms with Gasteiger partial charge in [0.15, 0.2) is 0 Å². The van der Waals surface area contributed by atoms with Crippen molar-refractivity contribution in [2.75, 3.05) is 5.73 Å². The molecule has 1 aliphatic rings. The first kappa shape index (κ1) is 18.8. The van der Waals surface area contributed by atoms with Gasteiger partial charge in [-0.2, -0.15) is 0 Å². The summed E-state index contributed by atoms with van der Waals surface area (Å²) in [4.78, 5) is 12.3. The van der Waals surface area contributed by atoms with Crippen LogP contribution in [0.1, 0.15) is 42.0 Å². The smallest absolute Gasteiger partial charge is 0.220 e. The molecule has 0 spiro atoms. The van der Waals surface area contributed by atoms with Crippen LogP contribution in [-0.4, -0.2) is 5.91 Å². The first-order valence-corrected chi connectivity index (χ1v) is 8.84. The van der Waals surface area contributed by atoms with E-state index in [1.165, 1.54) is 16.7 Å². The van der Waals surface area contributed by atoms with Gasteiger partial charge >= 0.3 is 0 Å². The van der Waals surface area contributed by atoms with E-state index in [1.54, 1.807) is 0 Å². The molecule has 0 saturated heterocycles. The summed E-state index contributed by atoms with van der Waals surface area (Å²) in [5, 5.41) is 3.19. The molecule has 1 unspecified atom stereocenters. The lowest BCUT2D eigenvalue weighted by Gasteiger charge is -2.26. The maximum absolute atomic E-state index is 12.3. The van der Waals surface area contributed by atoms with Gasteiger partial charge in [-0.25, -0.2) is 0 Å². The fraction of sp³-hybridized carbons (Fsp3) is 0.316. The number of rotatable bonds is 4. The minimum Gasteiger partial charge on any atom is -0.399 e. The number of hydrogen-bond donors (Lipinski definition) is 2. The summed E-state index contributed by atoms with van der Waals surface area (Å²) in [5.41, 5.74) is 10.3. The minimum atomic E-state index is 0. The topological polar surface area (TPSA) is 55.1 Å². The van der Waals surface area contributed by atoms with Gasteiger partial charge in [0.2, 0.25) is 5.91 Å². The Morgan fingerprint density at radius 1 is 1.25 bits per heavy atom. The molecule has 0 heterocycles. The number of nitrogens with one attached hydrogen (secondary N) is 1. The maximum Gasteiger partial charge on any atom is 0.220 e. The zero-order valence-corrected chi connectivity index (χ0v) is 15.8. The van der Waals surface area contributed by atoms with Crippen molar-refractivity contribution >= 4 is 39.9 Å². The number of hydrogen-bond acceptors (Lipinski definition) is 2. The van der Waals surface area contributed by atoms with E-state index in [0.29, 0.717) is 6.42 Å². The molecular formula is C19H22BrClN2O. The number of nitrogens with two attached hydrogens (primary N) is 1. The number of anilines is 1. The Morgan fingerprint density at radius 2 is 2.04 bits per heavy atom. The van der Waals surface area contributed by atoms with Gasteiger partial charge in [-0.15, -0.1) is 12.4 Å². The predicted octanol–water partition coefficient (Wildman–Crippen LogP) is 4.58. The summed E-state index contributed by atoms with van der Waals surface area (Å²) in [7, 11) is 0. The number of aryl methyl sites for hydroxylation is 2. The molecule has 1 aliphatic carbocycles. The van der Waals surface area contributed by atoms with Crippen LogP contribution in [0.4, 0.5) is 5.69 Å². The van der Waals surface area contributed by atoms with E-state index in [4.69, 9.17) is 5.73 Å². The summed E-state index contributed by atoms with van der Waals surface area (Å²) in [5.74, 6) is 0.107. The van der Waals surface area contributed by atoms with E-state index in [9.17, 15) is 4.79 Å². The van der Waals surface area contributed by atoms with Gasteiger partial charge in [-0.05, 0) is 60.6 Å². The third kappa shape index (κ3) is 4.52. The summed E-state index contributed by atoms with van der Waals surface area (Å²) in [6.07, 6.45) is 4.38. The molecule has 3 nitrogen and oxygen atoms in total. The first-order valence-electron chi connectivity index (χ1n) is 8.04. The molecule has 0 bridgehead atoms. The zero-order chi connectivity index (χ0) is 16.2. The number of carbonyl (C=O) groups is 1. The van der Waals surface area contributed by atoms with Crippen LogP contribution in [0.25, 0.3) is 0 Å². The molecule has 1 amide bonds. The van der Waals surface area contributed by atoms with Gasteiger partial charge in [0.1, 0.15) is 0 Å². The van der Waals surface area contributed by atoms with Crippen molar-refractivity contribution < 1.29 is 4.79 Å². The minimum absolute atomic E-state index is 0. The molecule has 1 atom stereocenters. The van der Waals surface area contributed by atoms with Crippen molar-refractivity contribution in [3.63, 3.8) is 0 Å². The third-order valence-corrected chi connectivity index (χ3v) is 5.17. The molecule has 0 fully saturated rings. The van der Waals surface area contributed by atoms with Crippen molar-refractivity contribution in [3.8, 4) is 0 Å². The molecule has 5 heteroatoms. The Balaban J connectivity index is 0.00000208. The zero-order valence-electron chi connectivity index (χ0n) is 13.4. The molecule has 128 valence electrons. The highest BCUT2D eigenvalue weighted by molar-refractivity contribution is 9.10. The fourth-order valence-corrected chi connectivity index (χ4v) is 3.68. The third-order valence-electron chi connectivity index (χ3n) is 4.40. The van der Waals surface area contributed by atoms with Crippen LogP contribution in [0, 0.1) is 0 Å². The van der Waals surface area contributed by atoms with E-state index < -0.39 is 0 Å². The van der Waals surface area contributed by atoms with Crippen LogP contribution < -0.4 is 11.1 Å². The van der Waals surface area contributed by atoms with E-state index in [-0.39, 0.29) is 24.4 Å². The van der Waals surface area contributed by atoms with E-state index in [0.717, 1.165) is 35.8 Å². The SMILES string of the molecule is Cl.Nc1ccc2c(c1)CCCC2NC(=O)CCc1ccccc1Br. The molecule has 0 aromatic heterocycles. The molecule has 2 aromatic carbocycles. The van der Waals surface area contributed by atoms with E-state index in [1.807, 2.05) is 30.3 Å². The van der Waals surface area contributed by atoms with E-state index in [2.05, 4.69) is 33.4 Å². The summed E-state index contributed by atoms with van der Waals surface area (Å²) in [6, 6.07) is 14.2. The standard InChI is InChI=1S/C19H21BrN2O.ClH/c20-17-6-2-1-4-13(17)8-11-19(23)22-18-7-3-5-14-12-15(21)9-10-16(14)18;/h1-2,4,6,9-10,12,18H,3,5,7-8,11,21H2,(H,22,23);1H. The molecule has 24 heavy (non-hydrogen) atoms. The fourth-order valence-electron chi connectivity index (χ4n) is 3.20. The average molecular weight is 410 g/mol.